The topological polar surface area (TPSA) is 35.2 Å². The van der Waals surface area contributed by atoms with E-state index in [0.717, 1.165) is 5.56 Å². The number of benzene rings is 1. The van der Waals surface area contributed by atoms with Crippen molar-refractivity contribution in [3.05, 3.63) is 39.4 Å². The summed E-state index contributed by atoms with van der Waals surface area (Å²) in [5, 5.41) is 1.06. The minimum absolute atomic E-state index is 0.352. The van der Waals surface area contributed by atoms with Gasteiger partial charge in [0, 0.05) is 17.1 Å². The fourth-order valence-corrected chi connectivity index (χ4v) is 1.81. The van der Waals surface area contributed by atoms with Crippen molar-refractivity contribution in [1.82, 2.24) is 0 Å². The van der Waals surface area contributed by atoms with Crippen LogP contribution in [0.5, 0.6) is 5.75 Å². The first-order valence-electron chi connectivity index (χ1n) is 4.98. The van der Waals surface area contributed by atoms with Crippen molar-refractivity contribution in [3.8, 4) is 5.75 Å². The molecule has 16 heavy (non-hydrogen) atoms. The van der Waals surface area contributed by atoms with Gasteiger partial charge >= 0.3 is 0 Å². The summed E-state index contributed by atoms with van der Waals surface area (Å²) in [5.74, 6) is 0.617. The van der Waals surface area contributed by atoms with Crippen molar-refractivity contribution in [2.24, 2.45) is 5.73 Å². The van der Waals surface area contributed by atoms with Crippen LogP contribution in [0.25, 0.3) is 0 Å². The molecule has 1 aromatic rings. The Kier molecular flexibility index (Phi) is 5.13. The summed E-state index contributed by atoms with van der Waals surface area (Å²) in [7, 11) is 0. The number of hydrogen-bond donors (Lipinski definition) is 1. The van der Waals surface area contributed by atoms with Gasteiger partial charge in [-0.1, -0.05) is 28.8 Å². The molecule has 0 fully saturated rings. The standard InChI is InChI=1S/C12H15Cl2NO/c1-8(2)3-4-16-12-9(7-15)5-10(13)6-11(12)14/h3,5-6H,4,7,15H2,1-2H3. The molecule has 2 N–H and O–H groups in total. The van der Waals surface area contributed by atoms with Gasteiger partial charge in [0.2, 0.25) is 0 Å². The molecule has 0 aliphatic carbocycles. The Morgan fingerprint density at radius 1 is 1.38 bits per heavy atom. The van der Waals surface area contributed by atoms with Gasteiger partial charge in [0.05, 0.1) is 5.02 Å². The van der Waals surface area contributed by atoms with Gasteiger partial charge in [0.1, 0.15) is 12.4 Å². The molecule has 1 rings (SSSR count). The maximum Gasteiger partial charge on any atom is 0.142 e. The molecule has 4 heteroatoms. The van der Waals surface area contributed by atoms with Crippen LogP contribution in [0.4, 0.5) is 0 Å². The van der Waals surface area contributed by atoms with Gasteiger partial charge in [-0.3, -0.25) is 0 Å². The Balaban J connectivity index is 2.90. The maximum atomic E-state index is 6.04. The fourth-order valence-electron chi connectivity index (χ4n) is 1.22. The van der Waals surface area contributed by atoms with Crippen LogP contribution in [0.2, 0.25) is 10.0 Å². The van der Waals surface area contributed by atoms with E-state index in [9.17, 15) is 0 Å². The first-order valence-corrected chi connectivity index (χ1v) is 5.74. The fraction of sp³-hybridized carbons (Fsp3) is 0.333. The lowest BCUT2D eigenvalue weighted by Gasteiger charge is -2.11. The Labute approximate surface area is 106 Å². The second-order valence-corrected chi connectivity index (χ2v) is 4.52. The number of hydrogen-bond acceptors (Lipinski definition) is 2. The lowest BCUT2D eigenvalue weighted by atomic mass is 10.2. The predicted octanol–water partition coefficient (Wildman–Crippen LogP) is 3.80. The third-order valence-corrected chi connectivity index (χ3v) is 2.52. The van der Waals surface area contributed by atoms with E-state index in [0.29, 0.717) is 28.9 Å². The molecular formula is C12H15Cl2NO. The SMILES string of the molecule is CC(C)=CCOc1c(Cl)cc(Cl)cc1CN. The van der Waals surface area contributed by atoms with Crippen LogP contribution in [0.1, 0.15) is 19.4 Å². The number of nitrogens with two attached hydrogens (primary N) is 1. The minimum Gasteiger partial charge on any atom is -0.488 e. The van der Waals surface area contributed by atoms with Crippen molar-refractivity contribution < 1.29 is 4.74 Å². The first-order chi connectivity index (χ1) is 7.54. The van der Waals surface area contributed by atoms with Gasteiger partial charge in [-0.2, -0.15) is 0 Å². The van der Waals surface area contributed by atoms with E-state index < -0.39 is 0 Å². The summed E-state index contributed by atoms with van der Waals surface area (Å²) in [6.45, 7) is 4.86. The zero-order valence-corrected chi connectivity index (χ0v) is 10.9. The second kappa shape index (κ2) is 6.14. The average Bonchev–Trinajstić information content (AvgIpc) is 2.20. The molecule has 0 aliphatic rings. The summed E-state index contributed by atoms with van der Waals surface area (Å²) in [6, 6.07) is 3.42. The van der Waals surface area contributed by atoms with E-state index in [-0.39, 0.29) is 0 Å². The average molecular weight is 260 g/mol. The highest BCUT2D eigenvalue weighted by Gasteiger charge is 2.08. The van der Waals surface area contributed by atoms with Gasteiger partial charge in [0.15, 0.2) is 0 Å². The molecule has 0 radical (unpaired) electrons. The third kappa shape index (κ3) is 3.71. The molecule has 0 amide bonds. The molecule has 0 bridgehead atoms. The van der Waals surface area contributed by atoms with Crippen molar-refractivity contribution in [3.63, 3.8) is 0 Å². The highest BCUT2D eigenvalue weighted by Crippen LogP contribution is 2.32. The maximum absolute atomic E-state index is 6.04. The van der Waals surface area contributed by atoms with Crippen molar-refractivity contribution in [1.29, 1.82) is 0 Å². The van der Waals surface area contributed by atoms with E-state index in [1.165, 1.54) is 5.57 Å². The van der Waals surface area contributed by atoms with Crippen LogP contribution in [-0.4, -0.2) is 6.61 Å². The van der Waals surface area contributed by atoms with E-state index in [1.54, 1.807) is 12.1 Å². The van der Waals surface area contributed by atoms with Gasteiger partial charge in [-0.05, 0) is 32.1 Å². The molecule has 0 spiro atoms. The second-order valence-electron chi connectivity index (χ2n) is 3.67. The molecule has 0 saturated carbocycles. The first kappa shape index (κ1) is 13.4. The summed E-state index contributed by atoms with van der Waals surface area (Å²) in [5.41, 5.74) is 7.62. The summed E-state index contributed by atoms with van der Waals surface area (Å²) in [6.07, 6.45) is 1.98. The van der Waals surface area contributed by atoms with Crippen LogP contribution in [0.3, 0.4) is 0 Å². The molecule has 0 unspecified atom stereocenters. The van der Waals surface area contributed by atoms with Gasteiger partial charge < -0.3 is 10.5 Å². The predicted molar refractivity (Wildman–Crippen MR) is 69.3 cm³/mol. The number of allylic oxidation sites excluding steroid dienone is 1. The Hall–Kier alpha value is -0.700. The molecule has 88 valence electrons. The molecular weight excluding hydrogens is 245 g/mol. The van der Waals surface area contributed by atoms with Gasteiger partial charge in [-0.25, -0.2) is 0 Å². The van der Waals surface area contributed by atoms with Crippen LogP contribution in [-0.2, 0) is 6.54 Å². The third-order valence-electron chi connectivity index (χ3n) is 2.02. The molecule has 2 nitrogen and oxygen atoms in total. The number of ether oxygens (including phenoxy) is 1. The zero-order valence-electron chi connectivity index (χ0n) is 9.39. The van der Waals surface area contributed by atoms with Crippen LogP contribution >= 0.6 is 23.2 Å². The monoisotopic (exact) mass is 259 g/mol. The normalized spacial score (nSPS) is 10.1. The highest BCUT2D eigenvalue weighted by atomic mass is 35.5. The molecule has 0 aromatic heterocycles. The van der Waals surface area contributed by atoms with Gasteiger partial charge in [-0.15, -0.1) is 0 Å². The van der Waals surface area contributed by atoms with Crippen LogP contribution < -0.4 is 10.5 Å². The summed E-state index contributed by atoms with van der Waals surface area (Å²) in [4.78, 5) is 0. The molecule has 0 aliphatic heterocycles. The highest BCUT2D eigenvalue weighted by molar-refractivity contribution is 6.35. The van der Waals surface area contributed by atoms with E-state index in [2.05, 4.69) is 0 Å². The Morgan fingerprint density at radius 3 is 2.62 bits per heavy atom. The zero-order chi connectivity index (χ0) is 12.1. The van der Waals surface area contributed by atoms with Crippen LogP contribution in [0.15, 0.2) is 23.8 Å². The summed E-state index contributed by atoms with van der Waals surface area (Å²) < 4.78 is 5.58. The molecule has 1 aromatic carbocycles. The van der Waals surface area contributed by atoms with Crippen molar-refractivity contribution in [2.75, 3.05) is 6.61 Å². The van der Waals surface area contributed by atoms with Crippen LogP contribution in [0, 0.1) is 0 Å². The molecule has 0 heterocycles. The van der Waals surface area contributed by atoms with Gasteiger partial charge in [0.25, 0.3) is 0 Å². The lowest BCUT2D eigenvalue weighted by Crippen LogP contribution is -2.03. The van der Waals surface area contributed by atoms with E-state index in [4.69, 9.17) is 33.7 Å². The summed E-state index contributed by atoms with van der Waals surface area (Å²) >= 11 is 11.9. The van der Waals surface area contributed by atoms with E-state index >= 15 is 0 Å². The van der Waals surface area contributed by atoms with Crippen molar-refractivity contribution >= 4 is 23.2 Å². The smallest absolute Gasteiger partial charge is 0.142 e. The minimum atomic E-state index is 0.352. The Morgan fingerprint density at radius 2 is 2.06 bits per heavy atom. The largest absolute Gasteiger partial charge is 0.488 e. The molecule has 0 atom stereocenters. The number of rotatable bonds is 4. The molecule has 0 saturated heterocycles. The van der Waals surface area contributed by atoms with Crippen molar-refractivity contribution in [2.45, 2.75) is 20.4 Å². The number of halogens is 2. The van der Waals surface area contributed by atoms with E-state index in [1.807, 2.05) is 19.9 Å². The quantitative estimate of drug-likeness (QED) is 0.836. The lowest BCUT2D eigenvalue weighted by molar-refractivity contribution is 0.358. The Bertz CT molecular complexity index is 398.